The average Bonchev–Trinajstić information content (AvgIpc) is 2.91. The summed E-state index contributed by atoms with van der Waals surface area (Å²) in [7, 11) is 0. The third-order valence-corrected chi connectivity index (χ3v) is 5.71. The Morgan fingerprint density at radius 3 is 2.56 bits per heavy atom. The molecular formula is C20H21ClN2OS. The molecule has 1 atom stereocenters. The van der Waals surface area contributed by atoms with Gasteiger partial charge in [0, 0.05) is 5.02 Å². The Balaban J connectivity index is 1.70. The van der Waals surface area contributed by atoms with Gasteiger partial charge in [-0.3, -0.25) is 4.79 Å². The number of amidine groups is 1. The van der Waals surface area contributed by atoms with E-state index in [0.29, 0.717) is 17.5 Å². The van der Waals surface area contributed by atoms with E-state index in [-0.39, 0.29) is 11.2 Å². The summed E-state index contributed by atoms with van der Waals surface area (Å²) in [4.78, 5) is 16.8. The van der Waals surface area contributed by atoms with Crippen LogP contribution in [0.1, 0.15) is 36.5 Å². The number of amides is 1. The molecule has 1 amide bonds. The molecule has 2 aromatic rings. The van der Waals surface area contributed by atoms with E-state index in [1.165, 1.54) is 17.3 Å². The van der Waals surface area contributed by atoms with Crippen molar-refractivity contribution in [1.82, 2.24) is 5.32 Å². The lowest BCUT2D eigenvalue weighted by Gasteiger charge is -2.07. The number of thioether (sulfide) groups is 1. The van der Waals surface area contributed by atoms with Crippen molar-refractivity contribution in [2.45, 2.75) is 38.4 Å². The van der Waals surface area contributed by atoms with Crippen LogP contribution >= 0.6 is 23.4 Å². The topological polar surface area (TPSA) is 41.5 Å². The van der Waals surface area contributed by atoms with E-state index in [0.717, 1.165) is 21.8 Å². The van der Waals surface area contributed by atoms with E-state index in [1.54, 1.807) is 0 Å². The number of rotatable bonds is 4. The largest absolute Gasteiger partial charge is 0.304 e. The average molecular weight is 373 g/mol. The summed E-state index contributed by atoms with van der Waals surface area (Å²) in [6, 6.07) is 14.1. The molecule has 1 N–H and O–H groups in total. The van der Waals surface area contributed by atoms with Crippen LogP contribution in [0.5, 0.6) is 0 Å². The van der Waals surface area contributed by atoms with Crippen LogP contribution in [0, 0.1) is 6.92 Å². The smallest absolute Gasteiger partial charge is 0.239 e. The zero-order valence-electron chi connectivity index (χ0n) is 14.5. The van der Waals surface area contributed by atoms with Crippen molar-refractivity contribution in [2.75, 3.05) is 0 Å². The first-order valence-corrected chi connectivity index (χ1v) is 9.59. The first kappa shape index (κ1) is 18.0. The molecule has 1 saturated heterocycles. The lowest BCUT2D eigenvalue weighted by molar-refractivity contribution is -0.118. The van der Waals surface area contributed by atoms with Crippen molar-refractivity contribution >= 4 is 40.1 Å². The molecule has 0 aromatic heterocycles. The number of benzene rings is 2. The Morgan fingerprint density at radius 1 is 1.20 bits per heavy atom. The molecule has 0 unspecified atom stereocenters. The molecule has 1 heterocycles. The Morgan fingerprint density at radius 2 is 1.92 bits per heavy atom. The van der Waals surface area contributed by atoms with Crippen molar-refractivity contribution in [1.29, 1.82) is 0 Å². The molecule has 2 aromatic carbocycles. The minimum Gasteiger partial charge on any atom is -0.304 e. The van der Waals surface area contributed by atoms with E-state index in [1.807, 2.05) is 37.3 Å². The standard InChI is InChI=1S/C20H21ClN2OS/c1-12(2)15-6-8-16(9-7-15)22-20-23-19(24)18(25-20)11-14-5-4-13(3)17(21)10-14/h4-10,12,18H,11H2,1-3H3,(H,22,23,24)/t18-/m1/s1. The van der Waals surface area contributed by atoms with E-state index < -0.39 is 0 Å². The van der Waals surface area contributed by atoms with Crippen molar-refractivity contribution < 1.29 is 4.79 Å². The number of carbonyl (C=O) groups is 1. The fourth-order valence-corrected chi connectivity index (χ4v) is 3.85. The number of aliphatic imine (C=N–C) groups is 1. The molecule has 3 nitrogen and oxygen atoms in total. The minimum atomic E-state index is -0.174. The zero-order chi connectivity index (χ0) is 18.0. The van der Waals surface area contributed by atoms with Gasteiger partial charge in [0.25, 0.3) is 0 Å². The second-order valence-corrected chi connectivity index (χ2v) is 8.15. The van der Waals surface area contributed by atoms with Gasteiger partial charge >= 0.3 is 0 Å². The SMILES string of the molecule is Cc1ccc(C[C@H]2SC(=Nc3ccc(C(C)C)cc3)NC2=O)cc1Cl. The first-order chi connectivity index (χ1) is 11.9. The number of hydrogen-bond donors (Lipinski definition) is 1. The van der Waals surface area contributed by atoms with Crippen LogP contribution in [-0.2, 0) is 11.2 Å². The van der Waals surface area contributed by atoms with Crippen LogP contribution < -0.4 is 5.32 Å². The molecular weight excluding hydrogens is 352 g/mol. The highest BCUT2D eigenvalue weighted by atomic mass is 35.5. The molecule has 130 valence electrons. The summed E-state index contributed by atoms with van der Waals surface area (Å²) >= 11 is 7.65. The van der Waals surface area contributed by atoms with E-state index >= 15 is 0 Å². The van der Waals surface area contributed by atoms with Crippen molar-refractivity contribution in [3.05, 3.63) is 64.2 Å². The number of halogens is 1. The van der Waals surface area contributed by atoms with Gasteiger partial charge in [-0.05, 0) is 54.2 Å². The van der Waals surface area contributed by atoms with Gasteiger partial charge in [0.05, 0.1) is 10.9 Å². The molecule has 1 aliphatic rings. The molecule has 0 saturated carbocycles. The van der Waals surface area contributed by atoms with Crippen molar-refractivity contribution in [2.24, 2.45) is 4.99 Å². The summed E-state index contributed by atoms with van der Waals surface area (Å²) < 4.78 is 0. The van der Waals surface area contributed by atoms with Gasteiger partial charge < -0.3 is 5.32 Å². The molecule has 3 rings (SSSR count). The predicted octanol–water partition coefficient (Wildman–Crippen LogP) is 5.23. The maximum absolute atomic E-state index is 12.2. The number of carbonyl (C=O) groups excluding carboxylic acids is 1. The normalized spacial score (nSPS) is 18.8. The van der Waals surface area contributed by atoms with Crippen LogP contribution in [0.2, 0.25) is 5.02 Å². The van der Waals surface area contributed by atoms with Crippen LogP contribution in [0.25, 0.3) is 0 Å². The van der Waals surface area contributed by atoms with E-state index in [2.05, 4.69) is 36.3 Å². The third-order valence-electron chi connectivity index (χ3n) is 4.22. The number of nitrogens with zero attached hydrogens (tertiary/aromatic N) is 1. The summed E-state index contributed by atoms with van der Waals surface area (Å²) in [6.45, 7) is 6.30. The lowest BCUT2D eigenvalue weighted by atomic mass is 10.0. The van der Waals surface area contributed by atoms with Gasteiger partial charge in [0.2, 0.25) is 5.91 Å². The van der Waals surface area contributed by atoms with E-state index in [9.17, 15) is 4.79 Å². The highest BCUT2D eigenvalue weighted by Gasteiger charge is 2.30. The third kappa shape index (κ3) is 4.44. The fraction of sp³-hybridized carbons (Fsp3) is 0.300. The van der Waals surface area contributed by atoms with Crippen molar-refractivity contribution in [3.63, 3.8) is 0 Å². The monoisotopic (exact) mass is 372 g/mol. The number of nitrogens with one attached hydrogen (secondary N) is 1. The summed E-state index contributed by atoms with van der Waals surface area (Å²) in [6.07, 6.45) is 0.641. The predicted molar refractivity (Wildman–Crippen MR) is 107 cm³/mol. The molecule has 1 fully saturated rings. The Hall–Kier alpha value is -1.78. The van der Waals surface area contributed by atoms with Gasteiger partial charge in [0.15, 0.2) is 5.17 Å². The van der Waals surface area contributed by atoms with Gasteiger partial charge in [-0.15, -0.1) is 0 Å². The Labute approximate surface area is 157 Å². The summed E-state index contributed by atoms with van der Waals surface area (Å²) in [5.41, 5.74) is 4.24. The molecule has 0 aliphatic carbocycles. The lowest BCUT2D eigenvalue weighted by Crippen LogP contribution is -2.25. The van der Waals surface area contributed by atoms with Crippen LogP contribution in [-0.4, -0.2) is 16.3 Å². The Bertz CT molecular complexity index is 815. The summed E-state index contributed by atoms with van der Waals surface area (Å²) in [5, 5.41) is 4.10. The van der Waals surface area contributed by atoms with Gasteiger partial charge in [-0.1, -0.05) is 61.5 Å². The fourth-order valence-electron chi connectivity index (χ4n) is 2.62. The number of hydrogen-bond acceptors (Lipinski definition) is 3. The highest BCUT2D eigenvalue weighted by Crippen LogP contribution is 2.27. The molecule has 5 heteroatoms. The Kier molecular flexibility index (Phi) is 5.50. The molecule has 0 spiro atoms. The molecule has 1 aliphatic heterocycles. The van der Waals surface area contributed by atoms with E-state index in [4.69, 9.17) is 11.6 Å². The van der Waals surface area contributed by atoms with Crippen LogP contribution in [0.3, 0.4) is 0 Å². The first-order valence-electron chi connectivity index (χ1n) is 8.33. The quantitative estimate of drug-likeness (QED) is 0.797. The van der Waals surface area contributed by atoms with Crippen LogP contribution in [0.15, 0.2) is 47.5 Å². The maximum Gasteiger partial charge on any atom is 0.239 e. The molecule has 25 heavy (non-hydrogen) atoms. The second kappa shape index (κ2) is 7.63. The highest BCUT2D eigenvalue weighted by molar-refractivity contribution is 8.15. The molecule has 0 radical (unpaired) electrons. The minimum absolute atomic E-state index is 0.000696. The van der Waals surface area contributed by atoms with Crippen molar-refractivity contribution in [3.8, 4) is 0 Å². The van der Waals surface area contributed by atoms with Gasteiger partial charge in [0.1, 0.15) is 0 Å². The maximum atomic E-state index is 12.2. The summed E-state index contributed by atoms with van der Waals surface area (Å²) in [5.74, 6) is 0.493. The van der Waals surface area contributed by atoms with Gasteiger partial charge in [-0.25, -0.2) is 4.99 Å². The molecule has 0 bridgehead atoms. The zero-order valence-corrected chi connectivity index (χ0v) is 16.1. The second-order valence-electron chi connectivity index (χ2n) is 6.55. The van der Waals surface area contributed by atoms with Gasteiger partial charge in [-0.2, -0.15) is 0 Å². The number of aryl methyl sites for hydroxylation is 1. The van der Waals surface area contributed by atoms with Crippen LogP contribution in [0.4, 0.5) is 5.69 Å².